The SMILES string of the molecule is C[C@@H](C(=O)N1C(=O)[C@]2(C)C=C[C@H]1C2(C)C)[C@@H](O)c1ccccc1. The number of likely N-dealkylation sites (tertiary alicyclic amines) is 1. The molecule has 4 heteroatoms. The first-order valence-corrected chi connectivity index (χ1v) is 8.01. The molecule has 2 aliphatic rings. The second kappa shape index (κ2) is 5.03. The summed E-state index contributed by atoms with van der Waals surface area (Å²) in [5.74, 6) is -1.14. The molecule has 122 valence electrons. The highest BCUT2D eigenvalue weighted by molar-refractivity contribution is 6.04. The van der Waals surface area contributed by atoms with E-state index in [9.17, 15) is 14.7 Å². The second-order valence-electron chi connectivity index (χ2n) is 7.39. The number of aliphatic hydroxyl groups excluding tert-OH is 1. The highest BCUT2D eigenvalue weighted by Gasteiger charge is 2.64. The Hall–Kier alpha value is -1.94. The van der Waals surface area contributed by atoms with Gasteiger partial charge in [-0.1, -0.05) is 63.3 Å². The Morgan fingerprint density at radius 2 is 1.83 bits per heavy atom. The summed E-state index contributed by atoms with van der Waals surface area (Å²) in [5, 5.41) is 10.5. The number of aliphatic hydroxyl groups is 1. The monoisotopic (exact) mass is 313 g/mol. The van der Waals surface area contributed by atoms with Crippen molar-refractivity contribution in [3.63, 3.8) is 0 Å². The van der Waals surface area contributed by atoms with E-state index < -0.39 is 17.4 Å². The molecule has 1 heterocycles. The highest BCUT2D eigenvalue weighted by atomic mass is 16.3. The van der Waals surface area contributed by atoms with Crippen LogP contribution in [0, 0.1) is 16.7 Å². The van der Waals surface area contributed by atoms with E-state index in [2.05, 4.69) is 0 Å². The van der Waals surface area contributed by atoms with Crippen LogP contribution >= 0.6 is 0 Å². The van der Waals surface area contributed by atoms with Crippen molar-refractivity contribution in [3.8, 4) is 0 Å². The average Bonchev–Trinajstić information content (AvgIpc) is 2.86. The number of hydrogen-bond acceptors (Lipinski definition) is 3. The molecular weight excluding hydrogens is 290 g/mol. The predicted octanol–water partition coefficient (Wildman–Crippen LogP) is 2.70. The first kappa shape index (κ1) is 15.9. The minimum Gasteiger partial charge on any atom is -0.388 e. The van der Waals surface area contributed by atoms with Crippen molar-refractivity contribution in [3.05, 3.63) is 48.0 Å². The fraction of sp³-hybridized carbons (Fsp3) is 0.474. The molecule has 1 aliphatic carbocycles. The number of rotatable bonds is 3. The Morgan fingerprint density at radius 3 is 2.35 bits per heavy atom. The van der Waals surface area contributed by atoms with Crippen LogP contribution in [-0.4, -0.2) is 27.9 Å². The summed E-state index contributed by atoms with van der Waals surface area (Å²) in [6.45, 7) is 7.60. The summed E-state index contributed by atoms with van der Waals surface area (Å²) in [7, 11) is 0. The number of imide groups is 1. The fourth-order valence-electron chi connectivity index (χ4n) is 3.71. The lowest BCUT2D eigenvalue weighted by Crippen LogP contribution is -2.46. The molecule has 0 spiro atoms. The van der Waals surface area contributed by atoms with Gasteiger partial charge in [-0.15, -0.1) is 0 Å². The Morgan fingerprint density at radius 1 is 1.22 bits per heavy atom. The summed E-state index contributed by atoms with van der Waals surface area (Å²) in [6.07, 6.45) is 2.94. The molecular formula is C19H23NO3. The van der Waals surface area contributed by atoms with Crippen molar-refractivity contribution in [2.45, 2.75) is 39.8 Å². The highest BCUT2D eigenvalue weighted by Crippen LogP contribution is 2.57. The first-order valence-electron chi connectivity index (χ1n) is 8.01. The molecule has 0 saturated carbocycles. The number of fused-ring (bicyclic) bond motifs is 2. The molecule has 1 aromatic carbocycles. The maximum Gasteiger partial charge on any atom is 0.240 e. The van der Waals surface area contributed by atoms with Gasteiger partial charge in [0.1, 0.15) is 0 Å². The third-order valence-electron chi connectivity index (χ3n) is 5.87. The number of carbonyl (C=O) groups is 2. The number of hydrogen-bond donors (Lipinski definition) is 1. The molecule has 2 amide bonds. The van der Waals surface area contributed by atoms with Crippen LogP contribution in [0.1, 0.15) is 39.4 Å². The van der Waals surface area contributed by atoms with Crippen molar-refractivity contribution in [2.75, 3.05) is 0 Å². The molecule has 1 N–H and O–H groups in total. The summed E-state index contributed by atoms with van der Waals surface area (Å²) in [5.41, 5.74) is -0.284. The molecule has 0 radical (unpaired) electrons. The van der Waals surface area contributed by atoms with Gasteiger partial charge in [0.25, 0.3) is 0 Å². The van der Waals surface area contributed by atoms with Crippen LogP contribution in [0.25, 0.3) is 0 Å². The Kier molecular flexibility index (Phi) is 3.49. The third-order valence-corrected chi connectivity index (χ3v) is 5.87. The van der Waals surface area contributed by atoms with Crippen LogP contribution in [0.3, 0.4) is 0 Å². The summed E-state index contributed by atoms with van der Waals surface area (Å²) in [6, 6.07) is 8.85. The minimum absolute atomic E-state index is 0.160. The van der Waals surface area contributed by atoms with E-state index in [-0.39, 0.29) is 23.3 Å². The Balaban J connectivity index is 1.87. The van der Waals surface area contributed by atoms with Gasteiger partial charge in [0, 0.05) is 5.41 Å². The fourth-order valence-corrected chi connectivity index (χ4v) is 3.71. The smallest absolute Gasteiger partial charge is 0.240 e. The van der Waals surface area contributed by atoms with E-state index in [1.807, 2.05) is 51.1 Å². The molecule has 2 bridgehead atoms. The van der Waals surface area contributed by atoms with E-state index in [0.717, 1.165) is 0 Å². The number of amides is 2. The van der Waals surface area contributed by atoms with Crippen molar-refractivity contribution in [1.29, 1.82) is 0 Å². The van der Waals surface area contributed by atoms with Crippen molar-refractivity contribution in [2.24, 2.45) is 16.7 Å². The molecule has 1 saturated heterocycles. The molecule has 3 rings (SSSR count). The standard InChI is InChI=1S/C19H23NO3/c1-12(15(21)13-8-6-5-7-9-13)16(22)20-14-10-11-19(4,17(20)23)18(14,2)3/h5-12,14-15,21H,1-4H3/t12-,14+,15-,19+/m1/s1. The van der Waals surface area contributed by atoms with E-state index >= 15 is 0 Å². The van der Waals surface area contributed by atoms with Gasteiger partial charge in [-0.05, 0) is 12.5 Å². The van der Waals surface area contributed by atoms with Gasteiger partial charge >= 0.3 is 0 Å². The molecule has 1 fully saturated rings. The Bertz CT molecular complexity index is 679. The zero-order valence-electron chi connectivity index (χ0n) is 14.0. The van der Waals surface area contributed by atoms with E-state index in [0.29, 0.717) is 5.56 Å². The topological polar surface area (TPSA) is 57.6 Å². The van der Waals surface area contributed by atoms with Gasteiger partial charge in [0.15, 0.2) is 0 Å². The quantitative estimate of drug-likeness (QED) is 0.873. The van der Waals surface area contributed by atoms with Gasteiger partial charge < -0.3 is 5.11 Å². The lowest BCUT2D eigenvalue weighted by molar-refractivity contribution is -0.150. The zero-order valence-corrected chi connectivity index (χ0v) is 14.0. The largest absolute Gasteiger partial charge is 0.388 e. The van der Waals surface area contributed by atoms with Crippen LogP contribution in [0.4, 0.5) is 0 Å². The maximum atomic E-state index is 12.9. The number of carbonyl (C=O) groups excluding carboxylic acids is 2. The van der Waals surface area contributed by atoms with E-state index in [1.165, 1.54) is 4.90 Å². The summed E-state index contributed by atoms with van der Waals surface area (Å²) < 4.78 is 0. The van der Waals surface area contributed by atoms with Crippen LogP contribution in [0.5, 0.6) is 0 Å². The van der Waals surface area contributed by atoms with Crippen LogP contribution < -0.4 is 0 Å². The van der Waals surface area contributed by atoms with E-state index in [1.54, 1.807) is 19.1 Å². The first-order chi connectivity index (χ1) is 10.7. The normalized spacial score (nSPS) is 30.6. The van der Waals surface area contributed by atoms with E-state index in [4.69, 9.17) is 0 Å². The number of benzene rings is 1. The van der Waals surface area contributed by atoms with Crippen molar-refractivity contribution >= 4 is 11.8 Å². The van der Waals surface area contributed by atoms with Crippen molar-refractivity contribution < 1.29 is 14.7 Å². The molecule has 4 atom stereocenters. The predicted molar refractivity (Wildman–Crippen MR) is 87.2 cm³/mol. The average molecular weight is 313 g/mol. The lowest BCUT2D eigenvalue weighted by Gasteiger charge is -2.30. The zero-order chi connectivity index (χ0) is 17.0. The second-order valence-corrected chi connectivity index (χ2v) is 7.39. The molecule has 1 aromatic rings. The summed E-state index contributed by atoms with van der Waals surface area (Å²) >= 11 is 0. The maximum absolute atomic E-state index is 12.9. The molecule has 4 nitrogen and oxygen atoms in total. The van der Waals surface area contributed by atoms with Gasteiger partial charge in [-0.3, -0.25) is 14.5 Å². The lowest BCUT2D eigenvalue weighted by atomic mass is 9.70. The van der Waals surface area contributed by atoms with Crippen LogP contribution in [0.2, 0.25) is 0 Å². The van der Waals surface area contributed by atoms with Crippen LogP contribution in [0.15, 0.2) is 42.5 Å². The molecule has 23 heavy (non-hydrogen) atoms. The molecule has 0 aromatic heterocycles. The third kappa shape index (κ3) is 2.01. The Labute approximate surface area is 136 Å². The minimum atomic E-state index is -0.921. The number of nitrogens with zero attached hydrogens (tertiary/aromatic N) is 1. The van der Waals surface area contributed by atoms with Gasteiger partial charge in [0.05, 0.1) is 23.5 Å². The molecule has 0 unspecified atom stereocenters. The van der Waals surface area contributed by atoms with Gasteiger partial charge in [-0.2, -0.15) is 0 Å². The van der Waals surface area contributed by atoms with Crippen LogP contribution in [-0.2, 0) is 9.59 Å². The van der Waals surface area contributed by atoms with Crippen molar-refractivity contribution in [1.82, 2.24) is 4.90 Å². The van der Waals surface area contributed by atoms with Gasteiger partial charge in [0.2, 0.25) is 11.8 Å². The summed E-state index contributed by atoms with van der Waals surface area (Å²) in [4.78, 5) is 27.0. The molecule has 1 aliphatic heterocycles. The van der Waals surface area contributed by atoms with Gasteiger partial charge in [-0.25, -0.2) is 0 Å².